The molecule has 3 aliphatic heterocycles. The Morgan fingerprint density at radius 2 is 1.98 bits per heavy atom. The van der Waals surface area contributed by atoms with Gasteiger partial charge in [-0.3, -0.25) is 14.5 Å². The van der Waals surface area contributed by atoms with E-state index in [1.807, 2.05) is 4.90 Å². The highest BCUT2D eigenvalue weighted by molar-refractivity contribution is 5.95. The molecule has 0 bridgehead atoms. The zero-order valence-electron chi connectivity index (χ0n) is 22.9. The van der Waals surface area contributed by atoms with E-state index in [0.717, 1.165) is 25.3 Å². The van der Waals surface area contributed by atoms with Crippen molar-refractivity contribution in [2.45, 2.75) is 31.4 Å². The van der Waals surface area contributed by atoms with Gasteiger partial charge in [-0.25, -0.2) is 23.9 Å². The number of carbonyl (C=O) groups excluding carboxylic acids is 2. The predicted molar refractivity (Wildman–Crippen MR) is 150 cm³/mol. The number of halogens is 1. The Hall–Kier alpha value is -4.79. The van der Waals surface area contributed by atoms with Crippen LogP contribution in [0, 0.1) is 11.7 Å². The minimum absolute atomic E-state index is 0.0331. The minimum atomic E-state index is -1.35. The number of carboxylic acid groups (broad SMARTS) is 1. The van der Waals surface area contributed by atoms with Crippen molar-refractivity contribution in [3.05, 3.63) is 46.0 Å². The maximum Gasteiger partial charge on any atom is 0.416 e. The van der Waals surface area contributed by atoms with Crippen LogP contribution >= 0.6 is 0 Å². The van der Waals surface area contributed by atoms with Crippen LogP contribution in [0.5, 0.6) is 5.75 Å². The van der Waals surface area contributed by atoms with Crippen LogP contribution in [0.15, 0.2) is 29.2 Å². The third kappa shape index (κ3) is 5.09. The molecule has 2 atom stereocenters. The van der Waals surface area contributed by atoms with Gasteiger partial charge in [0.2, 0.25) is 5.43 Å². The van der Waals surface area contributed by atoms with Crippen molar-refractivity contribution >= 4 is 46.5 Å². The van der Waals surface area contributed by atoms with Gasteiger partial charge >= 0.3 is 12.1 Å². The Labute approximate surface area is 243 Å². The Morgan fingerprint density at radius 3 is 2.77 bits per heavy atom. The van der Waals surface area contributed by atoms with Crippen LogP contribution in [-0.2, 0) is 9.53 Å². The van der Waals surface area contributed by atoms with E-state index in [9.17, 15) is 24.3 Å². The molecule has 6 heterocycles. The fourth-order valence-electron chi connectivity index (χ4n) is 5.80. The molecule has 3 aromatic heterocycles. The summed E-state index contributed by atoms with van der Waals surface area (Å²) in [5.74, 6) is -0.970. The molecule has 1 saturated carbocycles. The Morgan fingerprint density at radius 1 is 1.14 bits per heavy atom. The Balaban J connectivity index is 0.977. The van der Waals surface area contributed by atoms with E-state index < -0.39 is 35.0 Å². The molecule has 2 saturated heterocycles. The SMILES string of the molecule is O=C1COc2ccc(N3C[C@H](CNC[C@H]4CCN(c5nc6c(cc5F)c(=O)c(C(=O)O)cn6C5CC5)C4)OC3=O)nc2N1. The summed E-state index contributed by atoms with van der Waals surface area (Å²) in [6.07, 6.45) is 2.83. The average Bonchev–Trinajstić information content (AvgIpc) is 3.60. The van der Waals surface area contributed by atoms with Crippen LogP contribution in [0.3, 0.4) is 0 Å². The molecular weight excluding hydrogens is 565 g/mol. The molecule has 14 nitrogen and oxygen atoms in total. The smallest absolute Gasteiger partial charge is 0.416 e. The topological polar surface area (TPSA) is 168 Å². The summed E-state index contributed by atoms with van der Waals surface area (Å²) in [6.45, 7) is 2.31. The number of pyridine rings is 3. The molecule has 0 aromatic carbocycles. The van der Waals surface area contributed by atoms with Crippen LogP contribution in [0.2, 0.25) is 0 Å². The van der Waals surface area contributed by atoms with Crippen molar-refractivity contribution in [3.8, 4) is 5.75 Å². The molecule has 0 spiro atoms. The monoisotopic (exact) mass is 593 g/mol. The number of anilines is 3. The van der Waals surface area contributed by atoms with Gasteiger partial charge < -0.3 is 34.7 Å². The maximum atomic E-state index is 15.2. The summed E-state index contributed by atoms with van der Waals surface area (Å²) < 4.78 is 27.8. The van der Waals surface area contributed by atoms with Crippen LogP contribution < -0.4 is 30.6 Å². The fraction of sp³-hybridized carbons (Fsp3) is 0.429. The second-order valence-electron chi connectivity index (χ2n) is 11.2. The number of hydrogen-bond donors (Lipinski definition) is 3. The van der Waals surface area contributed by atoms with E-state index in [-0.39, 0.29) is 48.0 Å². The van der Waals surface area contributed by atoms with Gasteiger partial charge in [-0.15, -0.1) is 0 Å². The summed E-state index contributed by atoms with van der Waals surface area (Å²) in [5, 5.41) is 15.4. The lowest BCUT2D eigenvalue weighted by Gasteiger charge is -2.20. The Bertz CT molecular complexity index is 1730. The van der Waals surface area contributed by atoms with E-state index in [4.69, 9.17) is 9.47 Å². The molecular formula is C28H28FN7O7. The highest BCUT2D eigenvalue weighted by Crippen LogP contribution is 2.37. The number of nitrogens with one attached hydrogen (secondary N) is 2. The first-order valence-electron chi connectivity index (χ1n) is 14.1. The minimum Gasteiger partial charge on any atom is -0.480 e. The molecule has 1 aliphatic carbocycles. The zero-order chi connectivity index (χ0) is 29.8. The van der Waals surface area contributed by atoms with Crippen LogP contribution in [0.25, 0.3) is 11.0 Å². The first-order valence-corrected chi connectivity index (χ1v) is 14.1. The van der Waals surface area contributed by atoms with Gasteiger partial charge in [-0.2, -0.15) is 0 Å². The van der Waals surface area contributed by atoms with Gasteiger partial charge in [-0.05, 0) is 49.9 Å². The van der Waals surface area contributed by atoms with E-state index in [2.05, 4.69) is 20.6 Å². The molecule has 0 radical (unpaired) electrons. The summed E-state index contributed by atoms with van der Waals surface area (Å²) >= 11 is 0. The number of cyclic esters (lactones) is 1. The van der Waals surface area contributed by atoms with Crippen molar-refractivity contribution in [1.29, 1.82) is 0 Å². The molecule has 3 fully saturated rings. The zero-order valence-corrected chi connectivity index (χ0v) is 22.9. The van der Waals surface area contributed by atoms with Gasteiger partial charge in [0.05, 0.1) is 11.9 Å². The average molecular weight is 594 g/mol. The first kappa shape index (κ1) is 27.1. The summed E-state index contributed by atoms with van der Waals surface area (Å²) in [7, 11) is 0. The third-order valence-electron chi connectivity index (χ3n) is 8.11. The van der Waals surface area contributed by atoms with Gasteiger partial charge in [-0.1, -0.05) is 0 Å². The summed E-state index contributed by atoms with van der Waals surface area (Å²) in [4.78, 5) is 60.6. The van der Waals surface area contributed by atoms with Crippen LogP contribution in [-0.4, -0.2) is 83.0 Å². The molecule has 3 aromatic rings. The lowest BCUT2D eigenvalue weighted by molar-refractivity contribution is -0.118. The second-order valence-corrected chi connectivity index (χ2v) is 11.2. The van der Waals surface area contributed by atoms with Crippen molar-refractivity contribution in [3.63, 3.8) is 0 Å². The number of hydrogen-bond acceptors (Lipinski definition) is 10. The number of aromatic nitrogens is 3. The predicted octanol–water partition coefficient (Wildman–Crippen LogP) is 1.74. The highest BCUT2D eigenvalue weighted by atomic mass is 19.1. The molecule has 0 unspecified atom stereocenters. The molecule has 15 heteroatoms. The van der Waals surface area contributed by atoms with Crippen LogP contribution in [0.1, 0.15) is 35.7 Å². The number of ether oxygens (including phenoxy) is 2. The van der Waals surface area contributed by atoms with Gasteiger partial charge in [0, 0.05) is 31.9 Å². The Kier molecular flexibility index (Phi) is 6.60. The van der Waals surface area contributed by atoms with Crippen LogP contribution in [0.4, 0.5) is 26.6 Å². The molecule has 4 aliphatic rings. The number of fused-ring (bicyclic) bond motifs is 2. The quantitative estimate of drug-likeness (QED) is 0.348. The first-order chi connectivity index (χ1) is 20.7. The number of carbonyl (C=O) groups is 3. The lowest BCUT2D eigenvalue weighted by Crippen LogP contribution is -2.35. The normalized spacial score (nSPS) is 21.5. The molecule has 224 valence electrons. The lowest BCUT2D eigenvalue weighted by atomic mass is 10.1. The van der Waals surface area contributed by atoms with Crippen molar-refractivity contribution in [2.24, 2.45) is 5.92 Å². The second kappa shape index (κ2) is 10.5. The number of nitrogens with zero attached hydrogens (tertiary/aromatic N) is 5. The largest absolute Gasteiger partial charge is 0.480 e. The van der Waals surface area contributed by atoms with E-state index >= 15 is 4.39 Å². The van der Waals surface area contributed by atoms with Gasteiger partial charge in [0.15, 0.2) is 29.8 Å². The summed E-state index contributed by atoms with van der Waals surface area (Å²) in [5.41, 5.74) is -0.833. The molecule has 3 N–H and O–H groups in total. The van der Waals surface area contributed by atoms with Crippen molar-refractivity contribution in [2.75, 3.05) is 54.4 Å². The van der Waals surface area contributed by atoms with Gasteiger partial charge in [0.25, 0.3) is 5.91 Å². The summed E-state index contributed by atoms with van der Waals surface area (Å²) in [6, 6.07) is 4.43. The number of rotatable bonds is 8. The fourth-order valence-corrected chi connectivity index (χ4v) is 5.80. The highest BCUT2D eigenvalue weighted by Gasteiger charge is 2.35. The third-order valence-corrected chi connectivity index (χ3v) is 8.11. The number of amides is 2. The number of aromatic carboxylic acids is 1. The van der Waals surface area contributed by atoms with E-state index in [1.165, 1.54) is 11.1 Å². The van der Waals surface area contributed by atoms with E-state index in [0.29, 0.717) is 43.4 Å². The van der Waals surface area contributed by atoms with E-state index in [1.54, 1.807) is 16.7 Å². The van der Waals surface area contributed by atoms with Crippen molar-refractivity contribution in [1.82, 2.24) is 19.9 Å². The molecule has 2 amide bonds. The molecule has 7 rings (SSSR count). The molecule has 43 heavy (non-hydrogen) atoms. The van der Waals surface area contributed by atoms with Crippen molar-refractivity contribution < 1.29 is 33.4 Å². The maximum absolute atomic E-state index is 15.2. The van der Waals surface area contributed by atoms with Gasteiger partial charge in [0.1, 0.15) is 23.1 Å². The number of carboxylic acids is 1. The standard InChI is InChI=1S/C28H28FN7O7/c29-19-7-17-23(38)18(27(39)40)12-35(15-1-2-15)25(17)33-26(19)34-6-5-14(10-34)8-30-9-16-11-36(28(41)43-16)21-4-3-20-24(31-21)32-22(37)13-42-20/h3-4,7,12,14-16,30H,1-2,5-6,8-11,13H2,(H,39,40)(H,31,32,37)/t14-,16+/m1/s1.